The second kappa shape index (κ2) is 8.62. The molecule has 1 aromatic carbocycles. The van der Waals surface area contributed by atoms with E-state index in [4.69, 9.17) is 9.47 Å². The summed E-state index contributed by atoms with van der Waals surface area (Å²) in [6.45, 7) is 9.25. The molecule has 0 radical (unpaired) electrons. The van der Waals surface area contributed by atoms with Crippen molar-refractivity contribution < 1.29 is 14.3 Å². The first kappa shape index (κ1) is 18.8. The highest BCUT2D eigenvalue weighted by atomic mass is 32.2. The predicted molar refractivity (Wildman–Crippen MR) is 107 cm³/mol. The maximum absolute atomic E-state index is 12.4. The molecule has 1 saturated heterocycles. The van der Waals surface area contributed by atoms with Gasteiger partial charge in [-0.2, -0.15) is 4.99 Å². The van der Waals surface area contributed by atoms with Gasteiger partial charge >= 0.3 is 0 Å². The van der Waals surface area contributed by atoms with E-state index in [1.807, 2.05) is 38.1 Å². The molecule has 0 unspecified atom stereocenters. The molecule has 1 fully saturated rings. The first-order valence-electron chi connectivity index (χ1n) is 9.27. The van der Waals surface area contributed by atoms with Crippen molar-refractivity contribution in [2.45, 2.75) is 33.6 Å². The van der Waals surface area contributed by atoms with E-state index in [0.29, 0.717) is 24.0 Å². The first-order chi connectivity index (χ1) is 12.6. The van der Waals surface area contributed by atoms with Crippen LogP contribution in [0.25, 0.3) is 6.08 Å². The van der Waals surface area contributed by atoms with Crippen LogP contribution in [-0.2, 0) is 4.79 Å². The van der Waals surface area contributed by atoms with E-state index in [-0.39, 0.29) is 5.91 Å². The van der Waals surface area contributed by atoms with Crippen molar-refractivity contribution in [1.29, 1.82) is 0 Å². The van der Waals surface area contributed by atoms with Gasteiger partial charge in [-0.1, -0.05) is 6.92 Å². The molecule has 6 heteroatoms. The fourth-order valence-corrected chi connectivity index (χ4v) is 4.15. The van der Waals surface area contributed by atoms with E-state index in [1.54, 1.807) is 0 Å². The molecule has 2 aliphatic rings. The number of carbonyl (C=O) groups excluding carboxylic acids is 1. The third-order valence-electron chi connectivity index (χ3n) is 4.42. The van der Waals surface area contributed by atoms with Gasteiger partial charge in [0.2, 0.25) is 0 Å². The van der Waals surface area contributed by atoms with E-state index < -0.39 is 0 Å². The topological polar surface area (TPSA) is 51.1 Å². The lowest BCUT2D eigenvalue weighted by Crippen LogP contribution is -2.37. The summed E-state index contributed by atoms with van der Waals surface area (Å²) in [5, 5.41) is 0.830. The van der Waals surface area contributed by atoms with E-state index in [2.05, 4.69) is 16.8 Å². The van der Waals surface area contributed by atoms with Gasteiger partial charge in [0.25, 0.3) is 5.91 Å². The number of hydrogen-bond donors (Lipinski definition) is 0. The smallest absolute Gasteiger partial charge is 0.286 e. The van der Waals surface area contributed by atoms with Crippen molar-refractivity contribution in [3.8, 4) is 11.5 Å². The quantitative estimate of drug-likeness (QED) is 0.724. The Hall–Kier alpha value is -1.95. The summed E-state index contributed by atoms with van der Waals surface area (Å²) in [5.41, 5.74) is 0.870. The monoisotopic (exact) mass is 374 g/mol. The summed E-state index contributed by atoms with van der Waals surface area (Å²) in [6, 6.07) is 5.70. The first-order valence-corrected chi connectivity index (χ1v) is 10.1. The van der Waals surface area contributed by atoms with E-state index >= 15 is 0 Å². The zero-order valence-electron chi connectivity index (χ0n) is 15.7. The van der Waals surface area contributed by atoms with Gasteiger partial charge in [0, 0.05) is 24.7 Å². The average molecular weight is 375 g/mol. The number of benzene rings is 1. The van der Waals surface area contributed by atoms with Crippen LogP contribution in [0.5, 0.6) is 11.5 Å². The molecule has 2 heterocycles. The molecule has 1 amide bonds. The zero-order chi connectivity index (χ0) is 18.5. The van der Waals surface area contributed by atoms with Crippen LogP contribution in [0.15, 0.2) is 28.1 Å². The number of aliphatic imine (C=N–C) groups is 1. The molecule has 0 N–H and O–H groups in total. The number of likely N-dealkylation sites (tertiary alicyclic amines) is 1. The number of rotatable bonds is 5. The minimum absolute atomic E-state index is 0.167. The Bertz CT molecular complexity index is 730. The van der Waals surface area contributed by atoms with Crippen molar-refractivity contribution in [2.75, 3.05) is 26.3 Å². The molecular weight excluding hydrogens is 348 g/mol. The SMILES string of the molecule is CCOc1ccc(/C=C2/SC(N3CCC[C@@H](C)C3)=NC2=O)c(OCC)c1. The van der Waals surface area contributed by atoms with Crippen molar-refractivity contribution >= 4 is 28.9 Å². The van der Waals surface area contributed by atoms with Crippen molar-refractivity contribution in [1.82, 2.24) is 4.90 Å². The summed E-state index contributed by atoms with van der Waals surface area (Å²) in [4.78, 5) is 19.5. The van der Waals surface area contributed by atoms with E-state index in [0.717, 1.165) is 41.7 Å². The lowest BCUT2D eigenvalue weighted by atomic mass is 10.0. The predicted octanol–water partition coefficient (Wildman–Crippen LogP) is 4.19. The van der Waals surface area contributed by atoms with Crippen LogP contribution >= 0.6 is 11.8 Å². The molecular formula is C20H26N2O3S. The van der Waals surface area contributed by atoms with Gasteiger partial charge in [0.1, 0.15) is 11.5 Å². The molecule has 0 aromatic heterocycles. The van der Waals surface area contributed by atoms with Crippen LogP contribution in [0.1, 0.15) is 39.2 Å². The Morgan fingerprint density at radius 3 is 2.85 bits per heavy atom. The molecule has 3 rings (SSSR count). The fraction of sp³-hybridized carbons (Fsp3) is 0.500. The largest absolute Gasteiger partial charge is 0.494 e. The minimum atomic E-state index is -0.167. The lowest BCUT2D eigenvalue weighted by molar-refractivity contribution is -0.113. The Labute approximate surface area is 159 Å². The van der Waals surface area contributed by atoms with Crippen LogP contribution in [0.4, 0.5) is 0 Å². The molecule has 1 atom stereocenters. The third kappa shape index (κ3) is 4.41. The normalized spacial score (nSPS) is 21.9. The van der Waals surface area contributed by atoms with Gasteiger partial charge in [0.05, 0.1) is 18.1 Å². The third-order valence-corrected chi connectivity index (χ3v) is 5.46. The number of piperidine rings is 1. The molecule has 26 heavy (non-hydrogen) atoms. The molecule has 0 saturated carbocycles. The summed E-state index contributed by atoms with van der Waals surface area (Å²) in [7, 11) is 0. The Kier molecular flexibility index (Phi) is 6.25. The average Bonchev–Trinajstić information content (AvgIpc) is 2.98. The summed E-state index contributed by atoms with van der Waals surface area (Å²) in [6.07, 6.45) is 4.27. The minimum Gasteiger partial charge on any atom is -0.494 e. The van der Waals surface area contributed by atoms with Crippen molar-refractivity contribution in [2.24, 2.45) is 10.9 Å². The molecule has 0 aliphatic carbocycles. The van der Waals surface area contributed by atoms with Gasteiger partial charge in [-0.15, -0.1) is 0 Å². The van der Waals surface area contributed by atoms with Crippen molar-refractivity contribution in [3.05, 3.63) is 28.7 Å². The second-order valence-electron chi connectivity index (χ2n) is 6.57. The maximum Gasteiger partial charge on any atom is 0.286 e. The molecule has 2 aliphatic heterocycles. The van der Waals surface area contributed by atoms with E-state index in [9.17, 15) is 4.79 Å². The maximum atomic E-state index is 12.4. The number of amides is 1. The molecule has 1 aromatic rings. The van der Waals surface area contributed by atoms with Gasteiger partial charge < -0.3 is 14.4 Å². The molecule has 0 spiro atoms. The van der Waals surface area contributed by atoms with Crippen LogP contribution in [-0.4, -0.2) is 42.3 Å². The number of hydrogen-bond acceptors (Lipinski definition) is 5. The summed E-state index contributed by atoms with van der Waals surface area (Å²) < 4.78 is 11.3. The highest BCUT2D eigenvalue weighted by Crippen LogP contribution is 2.35. The standard InChI is InChI=1S/C20H26N2O3S/c1-4-24-16-9-8-15(17(12-16)25-5-2)11-18-19(23)21-20(26-18)22-10-6-7-14(3)13-22/h8-9,11-12,14H,4-7,10,13H2,1-3H3/b18-11+/t14-/m1/s1. The van der Waals surface area contributed by atoms with E-state index in [1.165, 1.54) is 18.2 Å². The fourth-order valence-electron chi connectivity index (χ4n) is 3.21. The summed E-state index contributed by atoms with van der Waals surface area (Å²) in [5.74, 6) is 1.97. The number of ether oxygens (including phenoxy) is 2. The van der Waals surface area contributed by atoms with Gasteiger partial charge in [-0.3, -0.25) is 4.79 Å². The molecule has 140 valence electrons. The highest BCUT2D eigenvalue weighted by Gasteiger charge is 2.28. The number of thioether (sulfide) groups is 1. The van der Waals surface area contributed by atoms with Crippen LogP contribution in [0.2, 0.25) is 0 Å². The molecule has 0 bridgehead atoms. The zero-order valence-corrected chi connectivity index (χ0v) is 16.5. The highest BCUT2D eigenvalue weighted by molar-refractivity contribution is 8.18. The lowest BCUT2D eigenvalue weighted by Gasteiger charge is -2.31. The number of amidine groups is 1. The van der Waals surface area contributed by atoms with Gasteiger partial charge in [-0.05, 0) is 62.6 Å². The van der Waals surface area contributed by atoms with Gasteiger partial charge in [0.15, 0.2) is 5.17 Å². The second-order valence-corrected chi connectivity index (χ2v) is 7.58. The number of carbonyl (C=O) groups is 1. The van der Waals surface area contributed by atoms with Crippen LogP contribution in [0.3, 0.4) is 0 Å². The Morgan fingerprint density at radius 1 is 1.31 bits per heavy atom. The van der Waals surface area contributed by atoms with Gasteiger partial charge in [-0.25, -0.2) is 0 Å². The summed E-state index contributed by atoms with van der Waals surface area (Å²) >= 11 is 1.46. The number of nitrogens with zero attached hydrogens (tertiary/aromatic N) is 2. The Morgan fingerprint density at radius 2 is 2.12 bits per heavy atom. The Balaban J connectivity index is 1.79. The van der Waals surface area contributed by atoms with Crippen LogP contribution in [0, 0.1) is 5.92 Å². The van der Waals surface area contributed by atoms with Crippen LogP contribution < -0.4 is 9.47 Å². The molecule has 5 nitrogen and oxygen atoms in total. The van der Waals surface area contributed by atoms with Crippen molar-refractivity contribution in [3.63, 3.8) is 0 Å².